The molecule has 1 N–H and O–H groups in total. The number of anilines is 2. The number of nitrogens with zero attached hydrogens (tertiary/aromatic N) is 1. The molecule has 0 fully saturated rings. The van der Waals surface area contributed by atoms with E-state index in [0.29, 0.717) is 17.9 Å². The number of fused-ring (bicyclic) bond motifs is 1. The number of carbonyl (C=O) groups is 1. The van der Waals surface area contributed by atoms with Crippen LogP contribution in [0, 0.1) is 0 Å². The van der Waals surface area contributed by atoms with E-state index < -0.39 is 25.8 Å². The monoisotopic (exact) mass is 422 g/mol. The number of sulfone groups is 1. The summed E-state index contributed by atoms with van der Waals surface area (Å²) in [6.07, 6.45) is 2.47. The molecule has 2 aromatic carbocycles. The molecule has 2 aromatic rings. The number of hydrogen-bond acceptors (Lipinski definition) is 5. The summed E-state index contributed by atoms with van der Waals surface area (Å²) in [6.45, 7) is 0.401. The number of hydrogen-bond donors (Lipinski definition) is 1. The third kappa shape index (κ3) is 4.71. The lowest BCUT2D eigenvalue weighted by molar-refractivity contribution is -0.115. The van der Waals surface area contributed by atoms with Gasteiger partial charge in [-0.15, -0.1) is 0 Å². The first-order valence-electron chi connectivity index (χ1n) is 8.85. The molecule has 0 saturated heterocycles. The number of benzene rings is 2. The molecule has 7 nitrogen and oxygen atoms in total. The molecular formula is C19H22N2O5S2. The van der Waals surface area contributed by atoms with Gasteiger partial charge in [0.1, 0.15) is 0 Å². The fourth-order valence-electron chi connectivity index (χ4n) is 3.16. The van der Waals surface area contributed by atoms with Gasteiger partial charge in [-0.25, -0.2) is 16.8 Å². The van der Waals surface area contributed by atoms with Crippen molar-refractivity contribution >= 4 is 37.1 Å². The topological polar surface area (TPSA) is 101 Å². The molecule has 1 aliphatic heterocycles. The number of sulfonamides is 1. The van der Waals surface area contributed by atoms with Gasteiger partial charge >= 0.3 is 0 Å². The van der Waals surface area contributed by atoms with E-state index in [1.54, 1.807) is 36.4 Å². The molecule has 0 bridgehead atoms. The van der Waals surface area contributed by atoms with Crippen molar-refractivity contribution in [3.05, 3.63) is 54.1 Å². The summed E-state index contributed by atoms with van der Waals surface area (Å²) in [7, 11) is -6.94. The molecule has 9 heteroatoms. The van der Waals surface area contributed by atoms with Gasteiger partial charge in [0.25, 0.3) is 0 Å². The van der Waals surface area contributed by atoms with Crippen molar-refractivity contribution in [1.29, 1.82) is 0 Å². The molecular weight excluding hydrogens is 400 g/mol. The quantitative estimate of drug-likeness (QED) is 0.769. The van der Waals surface area contributed by atoms with E-state index in [9.17, 15) is 21.6 Å². The Bertz CT molecular complexity index is 1080. The maximum Gasteiger partial charge on any atom is 0.232 e. The number of nitrogens with one attached hydrogen (secondary N) is 1. The smallest absolute Gasteiger partial charge is 0.232 e. The van der Waals surface area contributed by atoms with Crippen LogP contribution >= 0.6 is 0 Å². The Hall–Kier alpha value is -2.39. The van der Waals surface area contributed by atoms with Gasteiger partial charge < -0.3 is 5.32 Å². The average molecular weight is 423 g/mol. The highest BCUT2D eigenvalue weighted by atomic mass is 32.2. The fourth-order valence-corrected chi connectivity index (χ4v) is 5.41. The summed E-state index contributed by atoms with van der Waals surface area (Å²) in [6, 6.07) is 13.1. The average Bonchev–Trinajstić information content (AvgIpc) is 2.66. The minimum atomic E-state index is -3.54. The molecule has 1 aliphatic rings. The van der Waals surface area contributed by atoms with Crippen LogP contribution in [0.1, 0.15) is 18.4 Å². The SMILES string of the molecule is CS(=O)(=O)N1CCCc2ccc(NC(=O)CCS(=O)(=O)c3ccccc3)cc21. The molecule has 1 heterocycles. The minimum absolute atomic E-state index is 0.181. The van der Waals surface area contributed by atoms with E-state index in [-0.39, 0.29) is 17.1 Å². The van der Waals surface area contributed by atoms with E-state index in [1.807, 2.05) is 0 Å². The Morgan fingerprint density at radius 1 is 1.07 bits per heavy atom. The fraction of sp³-hybridized carbons (Fsp3) is 0.316. The van der Waals surface area contributed by atoms with Gasteiger partial charge in [0.05, 0.1) is 22.6 Å². The van der Waals surface area contributed by atoms with Crippen molar-refractivity contribution in [3.63, 3.8) is 0 Å². The molecule has 0 aromatic heterocycles. The standard InChI is InChI=1S/C19H22N2O5S2/c1-27(23,24)21-12-5-6-15-9-10-16(14-18(15)21)20-19(22)11-13-28(25,26)17-7-3-2-4-8-17/h2-4,7-10,14H,5-6,11-13H2,1H3,(H,20,22). The molecule has 28 heavy (non-hydrogen) atoms. The highest BCUT2D eigenvalue weighted by Gasteiger charge is 2.24. The van der Waals surface area contributed by atoms with Gasteiger partial charge in [-0.3, -0.25) is 9.10 Å². The van der Waals surface area contributed by atoms with Crippen molar-refractivity contribution < 1.29 is 21.6 Å². The van der Waals surface area contributed by atoms with Gasteiger partial charge in [-0.2, -0.15) is 0 Å². The molecule has 3 rings (SSSR count). The number of amides is 1. The molecule has 0 aliphatic carbocycles. The van der Waals surface area contributed by atoms with Crippen molar-refractivity contribution in [3.8, 4) is 0 Å². The van der Waals surface area contributed by atoms with Crippen LogP contribution in [0.4, 0.5) is 11.4 Å². The Balaban J connectivity index is 1.70. The van der Waals surface area contributed by atoms with Gasteiger partial charge in [-0.05, 0) is 42.7 Å². The highest BCUT2D eigenvalue weighted by molar-refractivity contribution is 7.92. The maximum atomic E-state index is 12.3. The number of aryl methyl sites for hydroxylation is 1. The predicted molar refractivity (Wildman–Crippen MR) is 109 cm³/mol. The molecule has 150 valence electrons. The first-order chi connectivity index (χ1) is 13.2. The van der Waals surface area contributed by atoms with Crippen molar-refractivity contribution in [2.24, 2.45) is 0 Å². The Morgan fingerprint density at radius 3 is 2.46 bits per heavy atom. The number of rotatable bonds is 6. The molecule has 0 unspecified atom stereocenters. The highest BCUT2D eigenvalue weighted by Crippen LogP contribution is 2.31. The Kier molecular flexibility index (Phi) is 5.76. The second-order valence-electron chi connectivity index (χ2n) is 6.71. The zero-order valence-corrected chi connectivity index (χ0v) is 17.1. The van der Waals surface area contributed by atoms with E-state index in [1.165, 1.54) is 16.4 Å². The van der Waals surface area contributed by atoms with Crippen LogP contribution in [-0.4, -0.2) is 41.3 Å². The van der Waals surface area contributed by atoms with Gasteiger partial charge in [0.15, 0.2) is 9.84 Å². The van der Waals surface area contributed by atoms with Gasteiger partial charge in [0.2, 0.25) is 15.9 Å². The zero-order chi connectivity index (χ0) is 20.4. The summed E-state index contributed by atoms with van der Waals surface area (Å²) >= 11 is 0. The minimum Gasteiger partial charge on any atom is -0.326 e. The van der Waals surface area contributed by atoms with Crippen LogP contribution in [-0.2, 0) is 31.1 Å². The summed E-state index contributed by atoms with van der Waals surface area (Å²) in [5.41, 5.74) is 1.90. The Morgan fingerprint density at radius 2 is 1.79 bits per heavy atom. The molecule has 0 spiro atoms. The van der Waals surface area contributed by atoms with Crippen LogP contribution < -0.4 is 9.62 Å². The van der Waals surface area contributed by atoms with E-state index in [4.69, 9.17) is 0 Å². The normalized spacial score (nSPS) is 14.4. The van der Waals surface area contributed by atoms with E-state index in [0.717, 1.165) is 24.7 Å². The first-order valence-corrected chi connectivity index (χ1v) is 12.4. The largest absolute Gasteiger partial charge is 0.326 e. The number of carbonyl (C=O) groups excluding carboxylic acids is 1. The lowest BCUT2D eigenvalue weighted by atomic mass is 10.0. The Labute approximate surface area is 165 Å². The molecule has 0 atom stereocenters. The predicted octanol–water partition coefficient (Wildman–Crippen LogP) is 2.20. The summed E-state index contributed by atoms with van der Waals surface area (Å²) in [5.74, 6) is -0.746. The van der Waals surface area contributed by atoms with E-state index >= 15 is 0 Å². The van der Waals surface area contributed by atoms with Crippen LogP contribution in [0.3, 0.4) is 0 Å². The van der Waals surface area contributed by atoms with Crippen LogP contribution in [0.25, 0.3) is 0 Å². The molecule has 0 saturated carbocycles. The molecule has 1 amide bonds. The second-order valence-corrected chi connectivity index (χ2v) is 10.7. The molecule has 0 radical (unpaired) electrons. The van der Waals surface area contributed by atoms with Gasteiger partial charge in [0, 0.05) is 18.7 Å². The van der Waals surface area contributed by atoms with Crippen molar-refractivity contribution in [1.82, 2.24) is 0 Å². The van der Waals surface area contributed by atoms with Gasteiger partial charge in [-0.1, -0.05) is 24.3 Å². The third-order valence-corrected chi connectivity index (χ3v) is 7.46. The van der Waals surface area contributed by atoms with E-state index in [2.05, 4.69) is 5.32 Å². The summed E-state index contributed by atoms with van der Waals surface area (Å²) in [5, 5.41) is 2.66. The van der Waals surface area contributed by atoms with Crippen LogP contribution in [0.5, 0.6) is 0 Å². The lowest BCUT2D eigenvalue weighted by Gasteiger charge is -2.29. The first kappa shape index (κ1) is 20.3. The maximum absolute atomic E-state index is 12.3. The van der Waals surface area contributed by atoms with Crippen LogP contribution in [0.15, 0.2) is 53.4 Å². The summed E-state index contributed by atoms with van der Waals surface area (Å²) in [4.78, 5) is 12.4. The third-order valence-electron chi connectivity index (χ3n) is 4.55. The second kappa shape index (κ2) is 7.92. The zero-order valence-electron chi connectivity index (χ0n) is 15.5. The lowest BCUT2D eigenvalue weighted by Crippen LogP contribution is -2.34. The summed E-state index contributed by atoms with van der Waals surface area (Å²) < 4.78 is 49.9. The van der Waals surface area contributed by atoms with Crippen molar-refractivity contribution in [2.75, 3.05) is 28.2 Å². The van der Waals surface area contributed by atoms with Crippen LogP contribution in [0.2, 0.25) is 0 Å². The van der Waals surface area contributed by atoms with Crippen molar-refractivity contribution in [2.45, 2.75) is 24.2 Å².